The lowest BCUT2D eigenvalue weighted by atomic mass is 10.2. The highest BCUT2D eigenvalue weighted by Crippen LogP contribution is 2.38. The van der Waals surface area contributed by atoms with Crippen LogP contribution in [0.25, 0.3) is 10.2 Å². The van der Waals surface area contributed by atoms with Gasteiger partial charge in [-0.15, -0.1) is 11.3 Å². The van der Waals surface area contributed by atoms with Gasteiger partial charge in [0.05, 0.1) is 21.5 Å². The van der Waals surface area contributed by atoms with Gasteiger partial charge in [0.15, 0.2) is 4.34 Å². The van der Waals surface area contributed by atoms with Gasteiger partial charge in [-0.05, 0) is 44.4 Å². The standard InChI is InChI=1S/C21H22N4OS2/c1-13-14(2)25(15-7-3-4-8-15)20(16(13)11-22)24-19(26)12-27-21-23-17-9-5-6-10-18(17)28-21/h5-6,9-10,15H,3-4,7-8,12H2,1-2H3,(H,24,26). The van der Waals surface area contributed by atoms with Gasteiger partial charge in [0.2, 0.25) is 5.91 Å². The molecule has 0 radical (unpaired) electrons. The van der Waals surface area contributed by atoms with Gasteiger partial charge in [0.1, 0.15) is 11.9 Å². The fourth-order valence-electron chi connectivity index (χ4n) is 3.91. The Bertz CT molecular complexity index is 1040. The second-order valence-corrected chi connectivity index (χ2v) is 9.39. The number of nitrogens with one attached hydrogen (secondary N) is 1. The number of para-hydroxylation sites is 1. The number of benzene rings is 1. The largest absolute Gasteiger partial charge is 0.327 e. The minimum atomic E-state index is -0.0995. The molecular formula is C21H22N4OS2. The molecule has 1 saturated carbocycles. The highest BCUT2D eigenvalue weighted by molar-refractivity contribution is 8.01. The van der Waals surface area contributed by atoms with Crippen LogP contribution in [0.15, 0.2) is 28.6 Å². The number of anilines is 1. The smallest absolute Gasteiger partial charge is 0.235 e. The van der Waals surface area contributed by atoms with Crippen LogP contribution in [0.5, 0.6) is 0 Å². The highest BCUT2D eigenvalue weighted by Gasteiger charge is 2.26. The summed E-state index contributed by atoms with van der Waals surface area (Å²) in [6.07, 6.45) is 4.60. The van der Waals surface area contributed by atoms with Crippen LogP contribution in [-0.4, -0.2) is 21.2 Å². The first-order chi connectivity index (χ1) is 13.6. The molecule has 0 aliphatic heterocycles. The van der Waals surface area contributed by atoms with Gasteiger partial charge in [0.25, 0.3) is 0 Å². The summed E-state index contributed by atoms with van der Waals surface area (Å²) in [5, 5.41) is 12.7. The summed E-state index contributed by atoms with van der Waals surface area (Å²) >= 11 is 3.04. The highest BCUT2D eigenvalue weighted by atomic mass is 32.2. The van der Waals surface area contributed by atoms with E-state index < -0.39 is 0 Å². The van der Waals surface area contributed by atoms with Crippen LogP contribution in [0.4, 0.5) is 5.82 Å². The van der Waals surface area contributed by atoms with Gasteiger partial charge < -0.3 is 9.88 Å². The van der Waals surface area contributed by atoms with Crippen LogP contribution in [0.1, 0.15) is 48.5 Å². The molecule has 1 aliphatic rings. The van der Waals surface area contributed by atoms with Crippen LogP contribution in [0, 0.1) is 25.2 Å². The Morgan fingerprint density at radius 2 is 2.11 bits per heavy atom. The number of rotatable bonds is 5. The molecule has 0 saturated heterocycles. The zero-order valence-electron chi connectivity index (χ0n) is 16.0. The van der Waals surface area contributed by atoms with Gasteiger partial charge in [-0.25, -0.2) is 4.98 Å². The van der Waals surface area contributed by atoms with Crippen molar-refractivity contribution in [3.8, 4) is 6.07 Å². The lowest BCUT2D eigenvalue weighted by Gasteiger charge is -2.19. The maximum Gasteiger partial charge on any atom is 0.235 e. The van der Waals surface area contributed by atoms with E-state index in [1.165, 1.54) is 24.6 Å². The molecule has 1 aromatic carbocycles. The van der Waals surface area contributed by atoms with E-state index in [2.05, 4.69) is 20.9 Å². The van der Waals surface area contributed by atoms with E-state index in [0.717, 1.165) is 38.7 Å². The molecule has 1 amide bonds. The third kappa shape index (κ3) is 3.54. The lowest BCUT2D eigenvalue weighted by Crippen LogP contribution is -2.19. The number of carbonyl (C=O) groups is 1. The van der Waals surface area contributed by atoms with Crippen LogP contribution < -0.4 is 5.32 Å². The Labute approximate surface area is 172 Å². The van der Waals surface area contributed by atoms with E-state index in [4.69, 9.17) is 0 Å². The first-order valence-electron chi connectivity index (χ1n) is 9.48. The minimum absolute atomic E-state index is 0.0995. The predicted molar refractivity (Wildman–Crippen MR) is 115 cm³/mol. The molecule has 144 valence electrons. The topological polar surface area (TPSA) is 70.7 Å². The number of aromatic nitrogens is 2. The maximum atomic E-state index is 12.7. The second-order valence-electron chi connectivity index (χ2n) is 7.14. The number of nitriles is 1. The summed E-state index contributed by atoms with van der Waals surface area (Å²) < 4.78 is 4.19. The number of thioether (sulfide) groups is 1. The first-order valence-corrected chi connectivity index (χ1v) is 11.3. The van der Waals surface area contributed by atoms with E-state index in [0.29, 0.717) is 17.4 Å². The third-order valence-corrected chi connectivity index (χ3v) is 7.60. The molecule has 0 atom stereocenters. The molecule has 28 heavy (non-hydrogen) atoms. The Kier molecular flexibility index (Phi) is 5.42. The molecule has 3 aromatic rings. The maximum absolute atomic E-state index is 12.7. The quantitative estimate of drug-likeness (QED) is 0.569. The molecule has 4 rings (SSSR count). The van der Waals surface area contributed by atoms with E-state index in [-0.39, 0.29) is 11.7 Å². The molecule has 2 aromatic heterocycles. The molecule has 0 bridgehead atoms. The number of hydrogen-bond acceptors (Lipinski definition) is 5. The average Bonchev–Trinajstić information content (AvgIpc) is 3.40. The van der Waals surface area contributed by atoms with Crippen molar-refractivity contribution in [3.63, 3.8) is 0 Å². The van der Waals surface area contributed by atoms with Crippen LogP contribution in [0.3, 0.4) is 0 Å². The molecule has 5 nitrogen and oxygen atoms in total. The summed E-state index contributed by atoms with van der Waals surface area (Å²) in [4.78, 5) is 17.2. The third-order valence-electron chi connectivity index (χ3n) is 5.42. The predicted octanol–water partition coefficient (Wildman–Crippen LogP) is 5.43. The second kappa shape index (κ2) is 7.98. The number of fused-ring (bicyclic) bond motifs is 1. The van der Waals surface area contributed by atoms with Gasteiger partial charge in [-0.3, -0.25) is 4.79 Å². The molecule has 1 aliphatic carbocycles. The molecule has 7 heteroatoms. The number of hydrogen-bond donors (Lipinski definition) is 1. The first kappa shape index (κ1) is 19.0. The lowest BCUT2D eigenvalue weighted by molar-refractivity contribution is -0.113. The minimum Gasteiger partial charge on any atom is -0.327 e. The molecule has 0 spiro atoms. The van der Waals surface area contributed by atoms with Crippen molar-refractivity contribution in [2.24, 2.45) is 0 Å². The molecule has 1 fully saturated rings. The summed E-state index contributed by atoms with van der Waals surface area (Å²) in [7, 11) is 0. The molecule has 0 unspecified atom stereocenters. The Morgan fingerprint density at radius 3 is 2.82 bits per heavy atom. The van der Waals surface area contributed by atoms with Crippen molar-refractivity contribution in [3.05, 3.63) is 41.1 Å². The molecule has 2 heterocycles. The van der Waals surface area contributed by atoms with Crippen molar-refractivity contribution < 1.29 is 4.79 Å². The number of nitrogens with zero attached hydrogens (tertiary/aromatic N) is 3. The van der Waals surface area contributed by atoms with Crippen LogP contribution in [0.2, 0.25) is 0 Å². The summed E-state index contributed by atoms with van der Waals surface area (Å²) in [6, 6.07) is 10.6. The van der Waals surface area contributed by atoms with E-state index in [9.17, 15) is 10.1 Å². The van der Waals surface area contributed by atoms with E-state index >= 15 is 0 Å². The van der Waals surface area contributed by atoms with Crippen molar-refractivity contribution in [1.29, 1.82) is 5.26 Å². The molecule has 1 N–H and O–H groups in total. The fourth-order valence-corrected chi connectivity index (χ4v) is 5.78. The normalized spacial score (nSPS) is 14.5. The number of carbonyl (C=O) groups excluding carboxylic acids is 1. The van der Waals surface area contributed by atoms with Gasteiger partial charge in [0, 0.05) is 11.7 Å². The van der Waals surface area contributed by atoms with Gasteiger partial charge >= 0.3 is 0 Å². The van der Waals surface area contributed by atoms with Crippen LogP contribution >= 0.6 is 23.1 Å². The van der Waals surface area contributed by atoms with Crippen molar-refractivity contribution in [1.82, 2.24) is 9.55 Å². The van der Waals surface area contributed by atoms with Gasteiger partial charge in [-0.1, -0.05) is 36.7 Å². The number of thiazole rings is 1. The monoisotopic (exact) mass is 410 g/mol. The van der Waals surface area contributed by atoms with Crippen molar-refractivity contribution in [2.75, 3.05) is 11.1 Å². The van der Waals surface area contributed by atoms with Crippen molar-refractivity contribution in [2.45, 2.75) is 49.9 Å². The van der Waals surface area contributed by atoms with Crippen LogP contribution in [-0.2, 0) is 4.79 Å². The van der Waals surface area contributed by atoms with E-state index in [1.807, 2.05) is 38.1 Å². The SMILES string of the molecule is Cc1c(C#N)c(NC(=O)CSc2nc3ccccc3s2)n(C2CCCC2)c1C. The molecular weight excluding hydrogens is 388 g/mol. The van der Waals surface area contributed by atoms with E-state index in [1.54, 1.807) is 11.3 Å². The Balaban J connectivity index is 1.52. The van der Waals surface area contributed by atoms with Gasteiger partial charge in [-0.2, -0.15) is 5.26 Å². The average molecular weight is 411 g/mol. The zero-order chi connectivity index (χ0) is 19.7. The summed E-state index contributed by atoms with van der Waals surface area (Å²) in [5.41, 5.74) is 3.59. The zero-order valence-corrected chi connectivity index (χ0v) is 17.6. The summed E-state index contributed by atoms with van der Waals surface area (Å²) in [5.74, 6) is 0.843. The number of amides is 1. The fraction of sp³-hybridized carbons (Fsp3) is 0.381. The summed E-state index contributed by atoms with van der Waals surface area (Å²) in [6.45, 7) is 4.00. The Morgan fingerprint density at radius 1 is 1.36 bits per heavy atom. The Hall–Kier alpha value is -2.30. The van der Waals surface area contributed by atoms with Crippen molar-refractivity contribution >= 4 is 45.0 Å².